The van der Waals surface area contributed by atoms with Crippen molar-refractivity contribution in [2.45, 2.75) is 0 Å². The first kappa shape index (κ1) is 14.3. The lowest BCUT2D eigenvalue weighted by molar-refractivity contribution is 0.415. The van der Waals surface area contributed by atoms with E-state index in [-0.39, 0.29) is 0 Å². The zero-order chi connectivity index (χ0) is 15.7. The van der Waals surface area contributed by atoms with Gasteiger partial charge in [0.15, 0.2) is 0 Å². The molecule has 0 aliphatic rings. The quantitative estimate of drug-likeness (QED) is 0.746. The summed E-state index contributed by atoms with van der Waals surface area (Å²) in [6, 6.07) is 12.1. The number of fused-ring (bicyclic) bond motifs is 1. The molecule has 3 rings (SSSR count). The zero-order valence-corrected chi connectivity index (χ0v) is 12.4. The van der Waals surface area contributed by atoms with Gasteiger partial charge < -0.3 is 4.74 Å². The van der Waals surface area contributed by atoms with Gasteiger partial charge >= 0.3 is 0 Å². The van der Waals surface area contributed by atoms with Gasteiger partial charge in [0.05, 0.1) is 24.0 Å². The van der Waals surface area contributed by atoms with E-state index in [2.05, 4.69) is 15.0 Å². The monoisotopic (exact) mass is 319 g/mol. The van der Waals surface area contributed by atoms with Crippen molar-refractivity contribution in [3.8, 4) is 11.4 Å². The number of hydrogen-bond donors (Lipinski definition) is 2. The van der Waals surface area contributed by atoms with Crippen molar-refractivity contribution < 1.29 is 13.2 Å². The van der Waals surface area contributed by atoms with E-state index in [9.17, 15) is 8.42 Å². The van der Waals surface area contributed by atoms with E-state index in [4.69, 9.17) is 9.88 Å². The van der Waals surface area contributed by atoms with E-state index in [1.54, 1.807) is 48.2 Å². The van der Waals surface area contributed by atoms with Gasteiger partial charge in [0.25, 0.3) is 10.2 Å². The van der Waals surface area contributed by atoms with Crippen LogP contribution >= 0.6 is 0 Å². The van der Waals surface area contributed by atoms with Gasteiger partial charge in [-0.3, -0.25) is 4.72 Å². The maximum absolute atomic E-state index is 11.1. The van der Waals surface area contributed by atoms with Gasteiger partial charge in [0.1, 0.15) is 11.3 Å². The van der Waals surface area contributed by atoms with Crippen LogP contribution in [0.25, 0.3) is 16.7 Å². The van der Waals surface area contributed by atoms with Crippen molar-refractivity contribution in [1.29, 1.82) is 0 Å². The number of nitrogens with zero attached hydrogens (tertiary/aromatic N) is 3. The molecule has 0 bridgehead atoms. The minimum absolute atomic E-state index is 0.345. The van der Waals surface area contributed by atoms with Crippen molar-refractivity contribution in [3.05, 3.63) is 42.5 Å². The number of hydrogen-bond acceptors (Lipinski definition) is 5. The fraction of sp³-hybridized carbons (Fsp3) is 0.0769. The molecular weight excluding hydrogens is 306 g/mol. The molecule has 2 aromatic carbocycles. The van der Waals surface area contributed by atoms with Crippen LogP contribution in [0.1, 0.15) is 0 Å². The van der Waals surface area contributed by atoms with Crippen molar-refractivity contribution in [2.75, 3.05) is 11.8 Å². The predicted molar refractivity (Wildman–Crippen MR) is 82.1 cm³/mol. The Balaban J connectivity index is 2.06. The Labute approximate surface area is 126 Å². The second-order valence-corrected chi connectivity index (χ2v) is 5.85. The maximum Gasteiger partial charge on any atom is 0.296 e. The molecule has 9 heteroatoms. The van der Waals surface area contributed by atoms with E-state index in [0.29, 0.717) is 22.6 Å². The standard InChI is InChI=1S/C13H13N5O3S/c1-21-11-5-6-13-12(8-11)15-17-18(13)10-4-2-3-9(7-10)16-22(14,19)20/h2-8,16H,1H3,(H2,14,19,20). The normalized spacial score (nSPS) is 11.5. The maximum atomic E-state index is 11.1. The number of methoxy groups -OCH3 is 1. The van der Waals surface area contributed by atoms with Crippen LogP contribution in [-0.2, 0) is 10.2 Å². The molecule has 1 heterocycles. The molecule has 0 unspecified atom stereocenters. The summed E-state index contributed by atoms with van der Waals surface area (Å²) >= 11 is 0. The fourth-order valence-corrected chi connectivity index (χ4v) is 2.54. The number of anilines is 1. The summed E-state index contributed by atoms with van der Waals surface area (Å²) in [6.45, 7) is 0. The van der Waals surface area contributed by atoms with Crippen LogP contribution in [0.2, 0.25) is 0 Å². The first-order chi connectivity index (χ1) is 10.5. The van der Waals surface area contributed by atoms with Crippen LogP contribution in [-0.4, -0.2) is 30.5 Å². The lowest BCUT2D eigenvalue weighted by atomic mass is 10.2. The number of ether oxygens (including phenoxy) is 1. The fourth-order valence-electron chi connectivity index (χ4n) is 2.09. The van der Waals surface area contributed by atoms with E-state index in [0.717, 1.165) is 5.52 Å². The Morgan fingerprint density at radius 1 is 1.23 bits per heavy atom. The molecule has 22 heavy (non-hydrogen) atoms. The molecule has 8 nitrogen and oxygen atoms in total. The Bertz CT molecular complexity index is 936. The average Bonchev–Trinajstić information content (AvgIpc) is 2.88. The van der Waals surface area contributed by atoms with Crippen molar-refractivity contribution in [1.82, 2.24) is 15.0 Å². The second kappa shape index (κ2) is 5.28. The summed E-state index contributed by atoms with van der Waals surface area (Å²) in [6.07, 6.45) is 0. The van der Waals surface area contributed by atoms with Crippen LogP contribution in [0.5, 0.6) is 5.75 Å². The van der Waals surface area contributed by atoms with Crippen molar-refractivity contribution in [2.24, 2.45) is 5.14 Å². The molecule has 0 aliphatic heterocycles. The van der Waals surface area contributed by atoms with Crippen LogP contribution in [0.3, 0.4) is 0 Å². The number of nitrogens with one attached hydrogen (secondary N) is 1. The van der Waals surface area contributed by atoms with Gasteiger partial charge in [-0.2, -0.15) is 8.42 Å². The third kappa shape index (κ3) is 2.85. The van der Waals surface area contributed by atoms with E-state index >= 15 is 0 Å². The molecule has 0 saturated carbocycles. The average molecular weight is 319 g/mol. The predicted octanol–water partition coefficient (Wildman–Crippen LogP) is 1.04. The Morgan fingerprint density at radius 3 is 2.77 bits per heavy atom. The summed E-state index contributed by atoms with van der Waals surface area (Å²) in [7, 11) is -2.25. The number of aromatic nitrogens is 3. The molecule has 0 atom stereocenters. The SMILES string of the molecule is COc1ccc2c(c1)nnn2-c1cccc(NS(N)(=O)=O)c1. The topological polar surface area (TPSA) is 112 Å². The first-order valence-corrected chi connectivity index (χ1v) is 7.81. The van der Waals surface area contributed by atoms with Crippen LogP contribution < -0.4 is 14.6 Å². The van der Waals surface area contributed by atoms with Gasteiger partial charge in [-0.25, -0.2) is 9.82 Å². The summed E-state index contributed by atoms with van der Waals surface area (Å²) in [5.74, 6) is 0.684. The lowest BCUT2D eigenvalue weighted by Crippen LogP contribution is -2.21. The Kier molecular flexibility index (Phi) is 3.43. The highest BCUT2D eigenvalue weighted by atomic mass is 32.2. The first-order valence-electron chi connectivity index (χ1n) is 6.27. The number of benzene rings is 2. The largest absolute Gasteiger partial charge is 0.497 e. The van der Waals surface area contributed by atoms with Gasteiger partial charge in [-0.15, -0.1) is 5.10 Å². The third-order valence-corrected chi connectivity index (χ3v) is 3.52. The molecule has 0 aliphatic carbocycles. The van der Waals surface area contributed by atoms with Gasteiger partial charge in [-0.05, 0) is 30.3 Å². The smallest absolute Gasteiger partial charge is 0.296 e. The molecule has 0 amide bonds. The third-order valence-electron chi connectivity index (χ3n) is 3.00. The minimum Gasteiger partial charge on any atom is -0.497 e. The molecule has 1 aromatic heterocycles. The second-order valence-electron chi connectivity index (χ2n) is 4.55. The van der Waals surface area contributed by atoms with E-state index in [1.165, 1.54) is 0 Å². The highest BCUT2D eigenvalue weighted by Crippen LogP contribution is 2.22. The molecule has 3 N–H and O–H groups in total. The number of nitrogens with two attached hydrogens (primary N) is 1. The van der Waals surface area contributed by atoms with Crippen molar-refractivity contribution in [3.63, 3.8) is 0 Å². The molecule has 0 spiro atoms. The summed E-state index contributed by atoms with van der Waals surface area (Å²) in [5.41, 5.74) is 2.44. The molecule has 0 radical (unpaired) electrons. The summed E-state index contributed by atoms with van der Waals surface area (Å²) in [4.78, 5) is 0. The highest BCUT2D eigenvalue weighted by Gasteiger charge is 2.09. The molecule has 114 valence electrons. The van der Waals surface area contributed by atoms with Gasteiger partial charge in [-0.1, -0.05) is 11.3 Å². The Morgan fingerprint density at radius 2 is 2.05 bits per heavy atom. The molecule has 0 fully saturated rings. The van der Waals surface area contributed by atoms with Gasteiger partial charge in [0.2, 0.25) is 0 Å². The van der Waals surface area contributed by atoms with Crippen LogP contribution in [0.4, 0.5) is 5.69 Å². The molecular formula is C13H13N5O3S. The van der Waals surface area contributed by atoms with E-state index < -0.39 is 10.2 Å². The minimum atomic E-state index is -3.83. The van der Waals surface area contributed by atoms with Gasteiger partial charge in [0, 0.05) is 6.07 Å². The zero-order valence-electron chi connectivity index (χ0n) is 11.6. The van der Waals surface area contributed by atoms with Crippen LogP contribution in [0, 0.1) is 0 Å². The number of rotatable bonds is 4. The van der Waals surface area contributed by atoms with E-state index in [1.807, 2.05) is 6.07 Å². The summed E-state index contributed by atoms with van der Waals surface area (Å²) in [5, 5.41) is 13.1. The summed E-state index contributed by atoms with van der Waals surface area (Å²) < 4.78 is 31.2. The lowest BCUT2D eigenvalue weighted by Gasteiger charge is -2.07. The highest BCUT2D eigenvalue weighted by molar-refractivity contribution is 7.90. The van der Waals surface area contributed by atoms with Crippen LogP contribution in [0.15, 0.2) is 42.5 Å². The Hall–Kier alpha value is -2.65. The molecule has 3 aromatic rings. The van der Waals surface area contributed by atoms with Crippen molar-refractivity contribution >= 4 is 26.9 Å². The molecule has 0 saturated heterocycles.